The third kappa shape index (κ3) is 14.8. The monoisotopic (exact) mass is 1010 g/mol. The molecule has 390 valence electrons. The van der Waals surface area contributed by atoms with Crippen LogP contribution < -0.4 is 27.4 Å². The third-order valence-corrected chi connectivity index (χ3v) is 14.1. The van der Waals surface area contributed by atoms with Gasteiger partial charge >= 0.3 is 19.6 Å². The Bertz CT molecular complexity index is 2400. The number of amides is 3. The zero-order valence-corrected chi connectivity index (χ0v) is 41.1. The van der Waals surface area contributed by atoms with Crippen LogP contribution in [0.1, 0.15) is 83.1 Å². The largest absolute Gasteiger partial charge is 0.474 e. The van der Waals surface area contributed by atoms with Gasteiger partial charge in [-0.1, -0.05) is 74.0 Å². The Hall–Kier alpha value is -5.10. The minimum absolute atomic E-state index is 0.0150. The van der Waals surface area contributed by atoms with Gasteiger partial charge in [-0.2, -0.15) is 4.98 Å². The number of phosphoric acid groups is 1. The van der Waals surface area contributed by atoms with Gasteiger partial charge in [-0.05, 0) is 67.3 Å². The molecule has 3 aromatic rings. The molecule has 0 saturated carbocycles. The predicted molar refractivity (Wildman–Crippen MR) is 256 cm³/mol. The van der Waals surface area contributed by atoms with Crippen LogP contribution in [0, 0.1) is 11.8 Å². The first kappa shape index (κ1) is 55.2. The standard InChI is InChI=1S/C48H67N6O16P/c1-28(11-9-19-50-47(62)66-26-35-33-15-7-5-13-31(33)32-14-6-8-16-34(32)35)12-10-21-65-22-18-40(58)51-24-41(59)53-42-36(56)23-48(4,69-44(42)43(60)37(57)25-55)70-71(63,64)67-27-38-29(2)30(3)45(68-38)54-20-17-39(49)52-46(54)61/h5-8,11,13-17,20,29-30,35-38,42-45,55-57,60H,9-10,12,18-19,21-27H2,1-4H3,(H,50,62)(H,51,58)(H,53,59)(H,63,64)(H2,49,52,61). The molecule has 1 aromatic heterocycles. The summed E-state index contributed by atoms with van der Waals surface area (Å²) in [4.78, 5) is 65.0. The highest BCUT2D eigenvalue weighted by Crippen LogP contribution is 2.52. The second-order valence-corrected chi connectivity index (χ2v) is 19.7. The van der Waals surface area contributed by atoms with Gasteiger partial charge in [-0.3, -0.25) is 23.2 Å². The van der Waals surface area contributed by atoms with Crippen LogP contribution in [0.15, 0.2) is 77.2 Å². The number of aliphatic hydroxyl groups excluding tert-OH is 4. The van der Waals surface area contributed by atoms with E-state index in [-0.39, 0.29) is 43.2 Å². The summed E-state index contributed by atoms with van der Waals surface area (Å²) in [6, 6.07) is 16.3. The van der Waals surface area contributed by atoms with Crippen molar-refractivity contribution in [3.8, 4) is 11.1 Å². The van der Waals surface area contributed by atoms with Crippen molar-refractivity contribution in [3.63, 3.8) is 0 Å². The molecule has 11 unspecified atom stereocenters. The summed E-state index contributed by atoms with van der Waals surface area (Å²) in [5.74, 6) is -3.99. The number of allylic oxidation sites excluding steroid dienone is 1. The number of ether oxygens (including phenoxy) is 4. The summed E-state index contributed by atoms with van der Waals surface area (Å²) >= 11 is 0. The SMILES string of the molecule is CC(=CCCNC(=O)OCC1c2ccccc2-c2ccccc21)CCCOCCC(=O)NCC(=O)NC1C(O)CC(C)(OP(=O)(O)OCC2OC(n3ccc(N)nc3=O)C(C)C2C)OC1C(O)C(O)CO. The Morgan fingerprint density at radius 2 is 1.69 bits per heavy atom. The van der Waals surface area contributed by atoms with Gasteiger partial charge in [0.25, 0.3) is 0 Å². The number of aromatic nitrogens is 2. The number of carbonyl (C=O) groups is 3. The minimum atomic E-state index is -5.03. The molecule has 3 aliphatic rings. The van der Waals surface area contributed by atoms with Gasteiger partial charge in [0.2, 0.25) is 11.8 Å². The van der Waals surface area contributed by atoms with E-state index in [4.69, 9.17) is 33.7 Å². The summed E-state index contributed by atoms with van der Waals surface area (Å²) < 4.78 is 48.2. The van der Waals surface area contributed by atoms with E-state index in [0.29, 0.717) is 26.0 Å². The Morgan fingerprint density at radius 3 is 2.37 bits per heavy atom. The van der Waals surface area contributed by atoms with Crippen LogP contribution in [-0.2, 0) is 42.1 Å². The number of hydrogen-bond acceptors (Lipinski definition) is 17. The molecule has 22 nitrogen and oxygen atoms in total. The lowest BCUT2D eigenvalue weighted by atomic mass is 9.89. The average molecular weight is 1020 g/mol. The zero-order chi connectivity index (χ0) is 51.5. The number of nitrogen functional groups attached to an aromatic ring is 1. The number of hydrogen-bond donors (Lipinski definition) is 9. The number of phosphoric ester groups is 1. The highest BCUT2D eigenvalue weighted by molar-refractivity contribution is 7.47. The number of alkyl carbamates (subject to hydrolysis) is 1. The number of fused-ring (bicyclic) bond motifs is 3. The first-order chi connectivity index (χ1) is 33.8. The Balaban J connectivity index is 0.864. The van der Waals surface area contributed by atoms with Crippen LogP contribution in [0.2, 0.25) is 0 Å². The average Bonchev–Trinajstić information content (AvgIpc) is 3.80. The molecule has 2 aromatic carbocycles. The summed E-state index contributed by atoms with van der Waals surface area (Å²) in [6.07, 6.45) is -4.26. The van der Waals surface area contributed by atoms with Gasteiger partial charge in [0.05, 0.1) is 44.6 Å². The van der Waals surface area contributed by atoms with Crippen LogP contribution in [-0.4, -0.2) is 141 Å². The number of carbonyl (C=O) groups excluding carboxylic acids is 3. The van der Waals surface area contributed by atoms with Crippen molar-refractivity contribution >= 4 is 31.5 Å². The zero-order valence-electron chi connectivity index (χ0n) is 40.3. The normalized spacial score (nSPS) is 25.9. The van der Waals surface area contributed by atoms with Crippen molar-refractivity contribution in [1.29, 1.82) is 0 Å². The van der Waals surface area contributed by atoms with Gasteiger partial charge in [0.15, 0.2) is 5.79 Å². The van der Waals surface area contributed by atoms with Crippen molar-refractivity contribution in [3.05, 3.63) is 94.1 Å². The van der Waals surface area contributed by atoms with Crippen molar-refractivity contribution in [2.24, 2.45) is 11.8 Å². The molecule has 0 bridgehead atoms. The maximum absolute atomic E-state index is 13.3. The molecule has 2 fully saturated rings. The van der Waals surface area contributed by atoms with Crippen LogP contribution in [0.3, 0.4) is 0 Å². The number of benzene rings is 2. The van der Waals surface area contributed by atoms with Crippen molar-refractivity contribution in [2.75, 3.05) is 51.9 Å². The van der Waals surface area contributed by atoms with Crippen molar-refractivity contribution in [2.45, 2.75) is 114 Å². The van der Waals surface area contributed by atoms with E-state index in [0.717, 1.165) is 34.2 Å². The van der Waals surface area contributed by atoms with Gasteiger partial charge in [-0.15, -0.1) is 0 Å². The lowest BCUT2D eigenvalue weighted by Gasteiger charge is -2.47. The molecule has 11 atom stereocenters. The van der Waals surface area contributed by atoms with Gasteiger partial charge < -0.3 is 66.0 Å². The number of nitrogens with one attached hydrogen (secondary N) is 3. The molecule has 71 heavy (non-hydrogen) atoms. The van der Waals surface area contributed by atoms with E-state index in [1.165, 1.54) is 23.8 Å². The van der Waals surface area contributed by atoms with Crippen LogP contribution in [0.5, 0.6) is 0 Å². The lowest BCUT2D eigenvalue weighted by molar-refractivity contribution is -0.285. The first-order valence-corrected chi connectivity index (χ1v) is 25.2. The molecule has 3 heterocycles. The maximum atomic E-state index is 13.3. The minimum Gasteiger partial charge on any atom is -0.449 e. The van der Waals surface area contributed by atoms with E-state index in [2.05, 4.69) is 45.2 Å². The topological polar surface area (TPSA) is 322 Å². The van der Waals surface area contributed by atoms with Crippen LogP contribution in [0.4, 0.5) is 10.6 Å². The third-order valence-electron chi connectivity index (χ3n) is 13.0. The van der Waals surface area contributed by atoms with Crippen molar-refractivity contribution < 1.29 is 72.3 Å². The van der Waals surface area contributed by atoms with E-state index < -0.39 is 106 Å². The number of nitrogens with zero attached hydrogens (tertiary/aromatic N) is 2. The first-order valence-electron chi connectivity index (χ1n) is 23.7. The fraction of sp³-hybridized carbons (Fsp3) is 0.562. The fourth-order valence-electron chi connectivity index (χ4n) is 9.04. The molecule has 0 spiro atoms. The molecule has 2 saturated heterocycles. The predicted octanol–water partition coefficient (Wildman–Crippen LogP) is 2.37. The number of rotatable bonds is 24. The van der Waals surface area contributed by atoms with Crippen LogP contribution in [0.25, 0.3) is 11.1 Å². The molecule has 10 N–H and O–H groups in total. The number of aliphatic hydroxyl groups is 4. The van der Waals surface area contributed by atoms with E-state index in [1.807, 2.05) is 44.2 Å². The highest BCUT2D eigenvalue weighted by Gasteiger charge is 2.52. The molecule has 0 radical (unpaired) electrons. The van der Waals surface area contributed by atoms with Gasteiger partial charge in [0.1, 0.15) is 37.0 Å². The fourth-order valence-corrected chi connectivity index (χ4v) is 10.0. The Morgan fingerprint density at radius 1 is 1.00 bits per heavy atom. The summed E-state index contributed by atoms with van der Waals surface area (Å²) in [7, 11) is -5.03. The van der Waals surface area contributed by atoms with Crippen LogP contribution >= 0.6 is 7.82 Å². The molecule has 23 heteroatoms. The lowest BCUT2D eigenvalue weighted by Crippen LogP contribution is -2.66. The second kappa shape index (κ2) is 25.0. The molecule has 1 aliphatic carbocycles. The molecule has 3 amide bonds. The van der Waals surface area contributed by atoms with Crippen molar-refractivity contribution in [1.82, 2.24) is 25.5 Å². The quantitative estimate of drug-likeness (QED) is 0.0353. The van der Waals surface area contributed by atoms with E-state index in [9.17, 15) is 49.1 Å². The maximum Gasteiger partial charge on any atom is 0.474 e. The molecule has 6 rings (SSSR count). The Kier molecular flexibility index (Phi) is 19.5. The summed E-state index contributed by atoms with van der Waals surface area (Å²) in [5, 5.41) is 49.7. The summed E-state index contributed by atoms with van der Waals surface area (Å²) in [5.41, 5.74) is 10.7. The smallest absolute Gasteiger partial charge is 0.449 e. The van der Waals surface area contributed by atoms with Gasteiger partial charge in [0, 0.05) is 44.0 Å². The van der Waals surface area contributed by atoms with E-state index >= 15 is 0 Å². The molecule has 2 aliphatic heterocycles. The summed E-state index contributed by atoms with van der Waals surface area (Å²) in [6.45, 7) is 5.93. The number of nitrogens with two attached hydrogens (primary N) is 1. The highest BCUT2D eigenvalue weighted by atomic mass is 31.2. The van der Waals surface area contributed by atoms with E-state index in [1.54, 1.807) is 6.92 Å². The van der Waals surface area contributed by atoms with Gasteiger partial charge in [-0.25, -0.2) is 14.2 Å². The number of anilines is 1. The molecular weight excluding hydrogens is 948 g/mol. The second-order valence-electron chi connectivity index (χ2n) is 18.3. The Labute approximate surface area is 411 Å². The molecular formula is C48H67N6O16P.